The van der Waals surface area contributed by atoms with Gasteiger partial charge in [-0.3, -0.25) is 9.58 Å². The van der Waals surface area contributed by atoms with E-state index in [2.05, 4.69) is 46.8 Å². The molecule has 1 unspecified atom stereocenters. The molecule has 0 radical (unpaired) electrons. The summed E-state index contributed by atoms with van der Waals surface area (Å²) in [5, 5.41) is 7.96. The monoisotopic (exact) mass is 222 g/mol. The molecule has 2 heterocycles. The van der Waals surface area contributed by atoms with E-state index in [-0.39, 0.29) is 0 Å². The minimum absolute atomic E-state index is 0.604. The van der Waals surface area contributed by atoms with Crippen molar-refractivity contribution in [1.82, 2.24) is 20.0 Å². The minimum atomic E-state index is 0.604. The van der Waals surface area contributed by atoms with E-state index in [1.807, 2.05) is 0 Å². The van der Waals surface area contributed by atoms with Gasteiger partial charge in [0.15, 0.2) is 0 Å². The van der Waals surface area contributed by atoms with Crippen molar-refractivity contribution in [1.29, 1.82) is 0 Å². The molecule has 1 aliphatic heterocycles. The third-order valence-electron chi connectivity index (χ3n) is 3.12. The Hall–Kier alpha value is -0.870. The van der Waals surface area contributed by atoms with Gasteiger partial charge >= 0.3 is 0 Å². The van der Waals surface area contributed by atoms with Crippen molar-refractivity contribution in [3.63, 3.8) is 0 Å². The van der Waals surface area contributed by atoms with Gasteiger partial charge in [0, 0.05) is 38.8 Å². The Morgan fingerprint density at radius 1 is 1.56 bits per heavy atom. The first-order valence-corrected chi connectivity index (χ1v) is 6.18. The second-order valence-electron chi connectivity index (χ2n) is 4.68. The van der Waals surface area contributed by atoms with E-state index in [4.69, 9.17) is 0 Å². The van der Waals surface area contributed by atoms with E-state index in [9.17, 15) is 0 Å². The Bertz CT molecular complexity index is 345. The molecule has 90 valence electrons. The van der Waals surface area contributed by atoms with Crippen LogP contribution in [0.1, 0.15) is 25.2 Å². The second kappa shape index (κ2) is 4.97. The average Bonchev–Trinajstić information content (AvgIpc) is 2.59. The number of hydrogen-bond donors (Lipinski definition) is 1. The zero-order chi connectivity index (χ0) is 11.5. The number of hydrogen-bond acceptors (Lipinski definition) is 3. The summed E-state index contributed by atoms with van der Waals surface area (Å²) in [7, 11) is 0. The van der Waals surface area contributed by atoms with Crippen LogP contribution in [0.4, 0.5) is 0 Å². The summed E-state index contributed by atoms with van der Waals surface area (Å²) in [6.45, 7) is 11.8. The Labute approximate surface area is 97.6 Å². The first-order valence-electron chi connectivity index (χ1n) is 6.18. The first kappa shape index (κ1) is 11.6. The highest BCUT2D eigenvalue weighted by molar-refractivity contribution is 5.09. The highest BCUT2D eigenvalue weighted by atomic mass is 15.3. The van der Waals surface area contributed by atoms with Gasteiger partial charge in [-0.25, -0.2) is 0 Å². The molecule has 0 spiro atoms. The molecule has 0 aromatic carbocycles. The zero-order valence-electron chi connectivity index (χ0n) is 10.5. The lowest BCUT2D eigenvalue weighted by molar-refractivity contribution is 0.194. The van der Waals surface area contributed by atoms with Crippen molar-refractivity contribution < 1.29 is 0 Å². The van der Waals surface area contributed by atoms with Crippen molar-refractivity contribution in [2.45, 2.75) is 39.9 Å². The topological polar surface area (TPSA) is 33.1 Å². The second-order valence-corrected chi connectivity index (χ2v) is 4.68. The maximum Gasteiger partial charge on any atom is 0.0597 e. The third-order valence-corrected chi connectivity index (χ3v) is 3.12. The molecular formula is C12H22N4. The first-order chi connectivity index (χ1) is 7.69. The van der Waals surface area contributed by atoms with Crippen LogP contribution in [0, 0.1) is 6.92 Å². The highest BCUT2D eigenvalue weighted by Gasteiger charge is 2.17. The van der Waals surface area contributed by atoms with Gasteiger partial charge < -0.3 is 5.32 Å². The van der Waals surface area contributed by atoms with Crippen molar-refractivity contribution >= 4 is 0 Å². The average molecular weight is 222 g/mol. The smallest absolute Gasteiger partial charge is 0.0597 e. The SMILES string of the molecule is CCn1nc(C)cc1CN1CCNC(C)C1. The van der Waals surface area contributed by atoms with Crippen LogP contribution in [0.2, 0.25) is 0 Å². The lowest BCUT2D eigenvalue weighted by Gasteiger charge is -2.31. The fraction of sp³-hybridized carbons (Fsp3) is 0.750. The molecule has 0 bridgehead atoms. The Morgan fingerprint density at radius 2 is 2.38 bits per heavy atom. The molecule has 0 aliphatic carbocycles. The van der Waals surface area contributed by atoms with Gasteiger partial charge in [-0.2, -0.15) is 5.10 Å². The van der Waals surface area contributed by atoms with Gasteiger partial charge in [0.2, 0.25) is 0 Å². The minimum Gasteiger partial charge on any atom is -0.312 e. The standard InChI is InChI=1S/C12H22N4/c1-4-16-12(7-10(2)14-16)9-15-6-5-13-11(3)8-15/h7,11,13H,4-6,8-9H2,1-3H3. The van der Waals surface area contributed by atoms with Gasteiger partial charge in [0.1, 0.15) is 0 Å². The lowest BCUT2D eigenvalue weighted by Crippen LogP contribution is -2.48. The molecule has 1 fully saturated rings. The van der Waals surface area contributed by atoms with Crippen LogP contribution >= 0.6 is 0 Å². The number of nitrogens with zero attached hydrogens (tertiary/aromatic N) is 3. The summed E-state index contributed by atoms with van der Waals surface area (Å²) in [5.41, 5.74) is 2.47. The predicted molar refractivity (Wildman–Crippen MR) is 65.4 cm³/mol. The largest absolute Gasteiger partial charge is 0.312 e. The third kappa shape index (κ3) is 2.62. The van der Waals surface area contributed by atoms with Gasteiger partial charge in [0.05, 0.1) is 11.4 Å². The summed E-state index contributed by atoms with van der Waals surface area (Å²) < 4.78 is 2.11. The molecule has 2 rings (SSSR count). The molecule has 16 heavy (non-hydrogen) atoms. The van der Waals surface area contributed by atoms with Crippen LogP contribution in [0.15, 0.2) is 6.07 Å². The summed E-state index contributed by atoms with van der Waals surface area (Å²) in [6.07, 6.45) is 0. The fourth-order valence-electron chi connectivity index (χ4n) is 2.39. The Morgan fingerprint density at radius 3 is 3.06 bits per heavy atom. The quantitative estimate of drug-likeness (QED) is 0.828. The lowest BCUT2D eigenvalue weighted by atomic mass is 10.2. The molecule has 1 atom stereocenters. The van der Waals surface area contributed by atoms with Crippen LogP contribution in [-0.4, -0.2) is 40.4 Å². The highest BCUT2D eigenvalue weighted by Crippen LogP contribution is 2.09. The fourth-order valence-corrected chi connectivity index (χ4v) is 2.39. The molecule has 1 aromatic heterocycles. The maximum atomic E-state index is 4.49. The summed E-state index contributed by atoms with van der Waals surface area (Å²) in [4.78, 5) is 2.50. The number of aryl methyl sites for hydroxylation is 2. The molecule has 1 aliphatic rings. The van der Waals surface area contributed by atoms with Gasteiger partial charge in [-0.05, 0) is 26.8 Å². The molecule has 4 heteroatoms. The molecule has 1 aromatic rings. The van der Waals surface area contributed by atoms with E-state index < -0.39 is 0 Å². The summed E-state index contributed by atoms with van der Waals surface area (Å²) in [5.74, 6) is 0. The van der Waals surface area contributed by atoms with Crippen LogP contribution in [0.5, 0.6) is 0 Å². The molecule has 0 saturated carbocycles. The molecule has 4 nitrogen and oxygen atoms in total. The predicted octanol–water partition coefficient (Wildman–Crippen LogP) is 1.01. The summed E-state index contributed by atoms with van der Waals surface area (Å²) in [6, 6.07) is 2.81. The van der Waals surface area contributed by atoms with Crippen molar-refractivity contribution in [2.24, 2.45) is 0 Å². The molecule has 1 saturated heterocycles. The van der Waals surface area contributed by atoms with Crippen LogP contribution in [0.25, 0.3) is 0 Å². The maximum absolute atomic E-state index is 4.49. The van der Waals surface area contributed by atoms with E-state index in [1.165, 1.54) is 5.69 Å². The van der Waals surface area contributed by atoms with Crippen LogP contribution < -0.4 is 5.32 Å². The van der Waals surface area contributed by atoms with Crippen molar-refractivity contribution in [3.05, 3.63) is 17.5 Å². The van der Waals surface area contributed by atoms with Gasteiger partial charge in [-0.15, -0.1) is 0 Å². The molecule has 0 amide bonds. The van der Waals surface area contributed by atoms with E-state index >= 15 is 0 Å². The molecular weight excluding hydrogens is 200 g/mol. The van der Waals surface area contributed by atoms with Crippen LogP contribution in [0.3, 0.4) is 0 Å². The van der Waals surface area contributed by atoms with Gasteiger partial charge in [0.25, 0.3) is 0 Å². The van der Waals surface area contributed by atoms with Gasteiger partial charge in [-0.1, -0.05) is 0 Å². The zero-order valence-corrected chi connectivity index (χ0v) is 10.5. The van der Waals surface area contributed by atoms with Crippen molar-refractivity contribution in [3.8, 4) is 0 Å². The normalized spacial score (nSPS) is 22.6. The number of aromatic nitrogens is 2. The Balaban J connectivity index is 2.02. The van der Waals surface area contributed by atoms with E-state index in [0.29, 0.717) is 6.04 Å². The van der Waals surface area contributed by atoms with Crippen molar-refractivity contribution in [2.75, 3.05) is 19.6 Å². The number of rotatable bonds is 3. The molecule has 1 N–H and O–H groups in total. The van der Waals surface area contributed by atoms with E-state index in [1.54, 1.807) is 0 Å². The Kier molecular flexibility index (Phi) is 3.61. The number of nitrogens with one attached hydrogen (secondary N) is 1. The number of piperazine rings is 1. The van der Waals surface area contributed by atoms with E-state index in [0.717, 1.165) is 38.4 Å². The summed E-state index contributed by atoms with van der Waals surface area (Å²) >= 11 is 0. The van der Waals surface area contributed by atoms with Crippen LogP contribution in [-0.2, 0) is 13.1 Å².